The number of non-ortho nitro benzene ring substituents is 1. The van der Waals surface area contributed by atoms with Crippen LogP contribution in [0, 0.1) is 10.1 Å². The minimum Gasteiger partial charge on any atom is -0.354 e. The van der Waals surface area contributed by atoms with E-state index in [1.807, 2.05) is 84.9 Å². The SMILES string of the molecule is O=[N+]([O-])c1cccc(-c2c3nc(c(-c4ccccc4)c4ccc([nH]4)c(-c4ccccc4)c4nc(c(-c5ccccc5)c5ccc2[nH]5)C=C4)C=C3)c1. The lowest BCUT2D eigenvalue weighted by molar-refractivity contribution is -0.384. The highest BCUT2D eigenvalue weighted by atomic mass is 16.6. The fraction of sp³-hybridized carbons (Fsp3) is 0. The summed E-state index contributed by atoms with van der Waals surface area (Å²) in [5.41, 5.74) is 14.0. The van der Waals surface area contributed by atoms with Gasteiger partial charge in [0, 0.05) is 56.5 Å². The van der Waals surface area contributed by atoms with Crippen LogP contribution < -0.4 is 0 Å². The van der Waals surface area contributed by atoms with Gasteiger partial charge in [0.2, 0.25) is 0 Å². The van der Waals surface area contributed by atoms with Crippen LogP contribution in [0.1, 0.15) is 22.8 Å². The third kappa shape index (κ3) is 5.43. The zero-order valence-corrected chi connectivity index (χ0v) is 27.2. The van der Waals surface area contributed by atoms with Crippen molar-refractivity contribution in [2.45, 2.75) is 0 Å². The van der Waals surface area contributed by atoms with E-state index in [1.165, 1.54) is 6.07 Å². The van der Waals surface area contributed by atoms with Gasteiger partial charge >= 0.3 is 0 Å². The van der Waals surface area contributed by atoms with Crippen LogP contribution in [-0.4, -0.2) is 24.9 Å². The molecule has 7 aromatic rings. The molecule has 3 aromatic heterocycles. The predicted molar refractivity (Wildman–Crippen MR) is 207 cm³/mol. The van der Waals surface area contributed by atoms with Crippen molar-refractivity contribution in [2.75, 3.05) is 0 Å². The summed E-state index contributed by atoms with van der Waals surface area (Å²) in [6.45, 7) is 0. The van der Waals surface area contributed by atoms with E-state index in [4.69, 9.17) is 9.97 Å². The van der Waals surface area contributed by atoms with Crippen LogP contribution >= 0.6 is 0 Å². The molecule has 9 rings (SSSR count). The van der Waals surface area contributed by atoms with E-state index in [2.05, 4.69) is 70.7 Å². The number of aromatic amines is 2. The van der Waals surface area contributed by atoms with Gasteiger partial charge in [-0.2, -0.15) is 0 Å². The highest BCUT2D eigenvalue weighted by Gasteiger charge is 2.19. The summed E-state index contributed by atoms with van der Waals surface area (Å²) in [5, 5.41) is 11.9. The molecule has 0 radical (unpaired) electrons. The maximum Gasteiger partial charge on any atom is 0.270 e. The van der Waals surface area contributed by atoms with Crippen molar-refractivity contribution >= 4 is 52.1 Å². The van der Waals surface area contributed by atoms with E-state index in [9.17, 15) is 10.1 Å². The summed E-state index contributed by atoms with van der Waals surface area (Å²) >= 11 is 0. The Labute approximate surface area is 293 Å². The normalized spacial score (nSPS) is 11.9. The summed E-state index contributed by atoms with van der Waals surface area (Å²) in [4.78, 5) is 29.5. The number of benzene rings is 4. The molecule has 7 heteroatoms. The Balaban J connectivity index is 1.48. The Hall–Kier alpha value is -7.12. The van der Waals surface area contributed by atoms with Gasteiger partial charge in [0.15, 0.2) is 0 Å². The average molecular weight is 660 g/mol. The van der Waals surface area contributed by atoms with Crippen LogP contribution in [0.4, 0.5) is 5.69 Å². The van der Waals surface area contributed by atoms with Crippen molar-refractivity contribution in [1.82, 2.24) is 19.9 Å². The van der Waals surface area contributed by atoms with Crippen molar-refractivity contribution in [1.29, 1.82) is 0 Å². The number of nitrogens with zero attached hydrogens (tertiary/aromatic N) is 3. The molecule has 7 nitrogen and oxygen atoms in total. The smallest absolute Gasteiger partial charge is 0.270 e. The molecule has 8 bridgehead atoms. The van der Waals surface area contributed by atoms with Gasteiger partial charge < -0.3 is 9.97 Å². The first-order valence-electron chi connectivity index (χ1n) is 16.7. The molecule has 4 aromatic carbocycles. The monoisotopic (exact) mass is 659 g/mol. The number of rotatable bonds is 5. The molecule has 0 atom stereocenters. The van der Waals surface area contributed by atoms with E-state index in [-0.39, 0.29) is 10.6 Å². The molecule has 242 valence electrons. The first-order valence-corrected chi connectivity index (χ1v) is 16.7. The van der Waals surface area contributed by atoms with Gasteiger partial charge in [0.05, 0.1) is 27.7 Å². The molecule has 2 N–H and O–H groups in total. The first kappa shape index (κ1) is 30.0. The van der Waals surface area contributed by atoms with Crippen molar-refractivity contribution in [2.24, 2.45) is 0 Å². The van der Waals surface area contributed by atoms with E-state index in [0.717, 1.165) is 78.1 Å². The number of nitro benzene ring substituents is 1. The molecule has 2 aliphatic heterocycles. The molecule has 0 unspecified atom stereocenters. The molecule has 0 aliphatic carbocycles. The molecule has 2 aliphatic rings. The minimum absolute atomic E-state index is 0.0108. The Morgan fingerprint density at radius 1 is 0.412 bits per heavy atom. The topological polar surface area (TPSA) is 100 Å². The van der Waals surface area contributed by atoms with Gasteiger partial charge in [0.1, 0.15) is 0 Å². The molecule has 0 amide bonds. The largest absolute Gasteiger partial charge is 0.354 e. The third-order valence-corrected chi connectivity index (χ3v) is 9.29. The van der Waals surface area contributed by atoms with E-state index >= 15 is 0 Å². The highest BCUT2D eigenvalue weighted by molar-refractivity contribution is 5.99. The molecule has 51 heavy (non-hydrogen) atoms. The molecule has 0 saturated carbocycles. The van der Waals surface area contributed by atoms with Crippen LogP contribution in [0.2, 0.25) is 0 Å². The number of nitro groups is 1. The molecule has 5 heterocycles. The lowest BCUT2D eigenvalue weighted by Crippen LogP contribution is -1.91. The number of H-pyrrole nitrogens is 2. The van der Waals surface area contributed by atoms with E-state index in [0.29, 0.717) is 11.3 Å². The lowest BCUT2D eigenvalue weighted by Gasteiger charge is -2.07. The summed E-state index contributed by atoms with van der Waals surface area (Å²) in [6.07, 6.45) is 8.16. The Kier molecular flexibility index (Phi) is 7.29. The number of fused-ring (bicyclic) bond motifs is 8. The zero-order valence-electron chi connectivity index (χ0n) is 27.2. The van der Waals surface area contributed by atoms with Crippen LogP contribution in [0.3, 0.4) is 0 Å². The van der Waals surface area contributed by atoms with Crippen LogP contribution in [0.15, 0.2) is 140 Å². The fourth-order valence-electron chi connectivity index (χ4n) is 7.01. The van der Waals surface area contributed by atoms with Gasteiger partial charge in [-0.25, -0.2) is 9.97 Å². The quantitative estimate of drug-likeness (QED) is 0.142. The van der Waals surface area contributed by atoms with Gasteiger partial charge in [-0.15, -0.1) is 0 Å². The first-order chi connectivity index (χ1) is 25.1. The molecular weight excluding hydrogens is 631 g/mol. The maximum atomic E-state index is 11.9. The molecular formula is C44H29N5O2. The van der Waals surface area contributed by atoms with Crippen molar-refractivity contribution in [3.05, 3.63) is 172 Å². The standard InChI is InChI=1S/C44H29N5O2/c50-49(51)32-18-10-17-31(27-32)44-39-25-23-37(47-39)42(29-13-6-2-7-14-29)35-21-19-33(45-35)41(28-11-4-1-5-12-28)34-20-22-36(46-34)43(30-15-8-3-9-16-30)38-24-26-40(44)48-38/h1-27,45,48H. The number of nitrogens with one attached hydrogen (secondary N) is 2. The van der Waals surface area contributed by atoms with Crippen molar-refractivity contribution < 1.29 is 4.92 Å². The lowest BCUT2D eigenvalue weighted by atomic mass is 10.0. The summed E-state index contributed by atoms with van der Waals surface area (Å²) in [6, 6.07) is 45.7. The minimum atomic E-state index is -0.367. The number of hydrogen-bond donors (Lipinski definition) is 2. The van der Waals surface area contributed by atoms with Gasteiger partial charge in [-0.3, -0.25) is 10.1 Å². The Morgan fingerprint density at radius 3 is 1.10 bits per heavy atom. The van der Waals surface area contributed by atoms with Crippen molar-refractivity contribution in [3.63, 3.8) is 0 Å². The zero-order chi connectivity index (χ0) is 34.3. The number of hydrogen-bond acceptors (Lipinski definition) is 4. The van der Waals surface area contributed by atoms with E-state index in [1.54, 1.807) is 12.1 Å². The Morgan fingerprint density at radius 2 is 0.745 bits per heavy atom. The summed E-state index contributed by atoms with van der Waals surface area (Å²) in [5.74, 6) is 0. The Bertz CT molecular complexity index is 2670. The fourth-order valence-corrected chi connectivity index (χ4v) is 7.01. The van der Waals surface area contributed by atoms with Crippen LogP contribution in [0.25, 0.3) is 90.9 Å². The second kappa shape index (κ2) is 12.4. The maximum absolute atomic E-state index is 11.9. The summed E-state index contributed by atoms with van der Waals surface area (Å²) < 4.78 is 0. The molecule has 0 spiro atoms. The molecule has 0 fully saturated rings. The van der Waals surface area contributed by atoms with E-state index < -0.39 is 0 Å². The van der Waals surface area contributed by atoms with Gasteiger partial charge in [-0.1, -0.05) is 103 Å². The highest BCUT2D eigenvalue weighted by Crippen LogP contribution is 2.38. The van der Waals surface area contributed by atoms with Crippen LogP contribution in [-0.2, 0) is 0 Å². The average Bonchev–Trinajstić information content (AvgIpc) is 4.01. The number of aromatic nitrogens is 4. The van der Waals surface area contributed by atoms with Crippen molar-refractivity contribution in [3.8, 4) is 44.5 Å². The van der Waals surface area contributed by atoms with Gasteiger partial charge in [0.25, 0.3) is 5.69 Å². The van der Waals surface area contributed by atoms with Gasteiger partial charge in [-0.05, 0) is 70.8 Å². The third-order valence-electron chi connectivity index (χ3n) is 9.29. The predicted octanol–water partition coefficient (Wildman–Crippen LogP) is 11.2. The second-order valence-corrected chi connectivity index (χ2v) is 12.4. The molecule has 0 saturated heterocycles. The van der Waals surface area contributed by atoms with Crippen LogP contribution in [0.5, 0.6) is 0 Å². The second-order valence-electron chi connectivity index (χ2n) is 12.4. The summed E-state index contributed by atoms with van der Waals surface area (Å²) in [7, 11) is 0.